The van der Waals surface area contributed by atoms with Gasteiger partial charge in [-0.3, -0.25) is 4.79 Å². The molecule has 3 N–H and O–H groups in total. The van der Waals surface area contributed by atoms with Gasteiger partial charge in [-0.2, -0.15) is 5.26 Å². The van der Waals surface area contributed by atoms with E-state index in [9.17, 15) is 4.79 Å². The van der Waals surface area contributed by atoms with E-state index in [0.29, 0.717) is 12.2 Å². The molecular formula is C19H27N3O2. The highest BCUT2D eigenvalue weighted by Crippen LogP contribution is 2.12. The minimum Gasteiger partial charge on any atom is -0.396 e. The van der Waals surface area contributed by atoms with Crippen LogP contribution < -0.4 is 10.6 Å². The van der Waals surface area contributed by atoms with E-state index in [1.807, 2.05) is 30.3 Å². The molecule has 0 radical (unpaired) electrons. The minimum atomic E-state index is -0.415. The molecule has 0 bridgehead atoms. The molecule has 0 fully saturated rings. The monoisotopic (exact) mass is 329 g/mol. The summed E-state index contributed by atoms with van der Waals surface area (Å²) >= 11 is 0. The van der Waals surface area contributed by atoms with Gasteiger partial charge in [-0.15, -0.1) is 0 Å². The molecule has 0 spiro atoms. The number of unbranched alkanes of at least 4 members (excludes halogenated alkanes) is 3. The largest absolute Gasteiger partial charge is 0.396 e. The van der Waals surface area contributed by atoms with Crippen LogP contribution >= 0.6 is 0 Å². The predicted octanol–water partition coefficient (Wildman–Crippen LogP) is 3.13. The predicted molar refractivity (Wildman–Crippen MR) is 96.3 cm³/mol. The van der Waals surface area contributed by atoms with Crippen LogP contribution in [0.5, 0.6) is 0 Å². The molecule has 24 heavy (non-hydrogen) atoms. The van der Waals surface area contributed by atoms with Gasteiger partial charge in [-0.05, 0) is 49.8 Å². The van der Waals surface area contributed by atoms with Crippen LogP contribution in [0.2, 0.25) is 0 Å². The third-order valence-corrected chi connectivity index (χ3v) is 3.62. The van der Waals surface area contributed by atoms with Crippen molar-refractivity contribution in [3.05, 3.63) is 41.6 Å². The van der Waals surface area contributed by atoms with Crippen LogP contribution in [-0.2, 0) is 11.2 Å². The van der Waals surface area contributed by atoms with E-state index in [0.717, 1.165) is 38.5 Å². The number of amides is 1. The van der Waals surface area contributed by atoms with Gasteiger partial charge in [0.1, 0.15) is 11.6 Å². The van der Waals surface area contributed by atoms with Crippen molar-refractivity contribution in [2.75, 3.05) is 18.5 Å². The van der Waals surface area contributed by atoms with Crippen LogP contribution in [0, 0.1) is 11.3 Å². The number of aliphatic hydroxyl groups is 1. The molecule has 0 saturated heterocycles. The number of nitrogens with one attached hydrogen (secondary N) is 2. The van der Waals surface area contributed by atoms with Crippen LogP contribution in [0.1, 0.15) is 44.6 Å². The van der Waals surface area contributed by atoms with Gasteiger partial charge in [-0.1, -0.05) is 25.5 Å². The normalized spacial score (nSPS) is 11.0. The van der Waals surface area contributed by atoms with Crippen molar-refractivity contribution >= 4 is 11.6 Å². The Morgan fingerprint density at radius 2 is 1.96 bits per heavy atom. The van der Waals surface area contributed by atoms with Crippen LogP contribution in [0.25, 0.3) is 0 Å². The number of rotatable bonds is 11. The van der Waals surface area contributed by atoms with Gasteiger partial charge in [0, 0.05) is 25.0 Å². The number of nitrogens with zero attached hydrogens (tertiary/aromatic N) is 1. The molecule has 1 rings (SSSR count). The minimum absolute atomic E-state index is 0.0483. The number of carbonyl (C=O) groups is 1. The fraction of sp³-hybridized carbons (Fsp3) is 0.474. The molecule has 0 atom stereocenters. The lowest BCUT2D eigenvalue weighted by atomic mass is 10.1. The van der Waals surface area contributed by atoms with Crippen molar-refractivity contribution in [2.45, 2.75) is 45.4 Å². The number of aliphatic hydroxyl groups excluding tert-OH is 1. The van der Waals surface area contributed by atoms with E-state index >= 15 is 0 Å². The molecule has 1 amide bonds. The van der Waals surface area contributed by atoms with E-state index in [1.165, 1.54) is 11.8 Å². The van der Waals surface area contributed by atoms with Crippen molar-refractivity contribution in [3.8, 4) is 6.07 Å². The Morgan fingerprint density at radius 1 is 1.21 bits per heavy atom. The molecule has 5 nitrogen and oxygen atoms in total. The first-order valence-corrected chi connectivity index (χ1v) is 8.56. The molecule has 0 saturated carbocycles. The lowest BCUT2D eigenvalue weighted by Crippen LogP contribution is -2.17. The Morgan fingerprint density at radius 3 is 2.58 bits per heavy atom. The Balaban J connectivity index is 2.47. The van der Waals surface area contributed by atoms with E-state index in [2.05, 4.69) is 17.6 Å². The average Bonchev–Trinajstić information content (AvgIpc) is 2.60. The maximum absolute atomic E-state index is 12.1. The molecule has 0 heterocycles. The summed E-state index contributed by atoms with van der Waals surface area (Å²) in [5.74, 6) is -0.415. The third kappa shape index (κ3) is 7.80. The van der Waals surface area contributed by atoms with Crippen LogP contribution in [-0.4, -0.2) is 24.2 Å². The van der Waals surface area contributed by atoms with E-state index in [1.54, 1.807) is 0 Å². The first kappa shape index (κ1) is 19.7. The summed E-state index contributed by atoms with van der Waals surface area (Å²) < 4.78 is 0. The SMILES string of the molecule is CCCCc1ccc(NC(=O)/C(C#N)=C\NCCCCCO)cc1. The summed E-state index contributed by atoms with van der Waals surface area (Å²) in [5.41, 5.74) is 1.98. The van der Waals surface area contributed by atoms with Gasteiger partial charge >= 0.3 is 0 Å². The molecule has 130 valence electrons. The summed E-state index contributed by atoms with van der Waals surface area (Å²) in [6, 6.07) is 9.63. The summed E-state index contributed by atoms with van der Waals surface area (Å²) in [7, 11) is 0. The molecule has 1 aromatic carbocycles. The Bertz CT molecular complexity index is 559. The first-order valence-electron chi connectivity index (χ1n) is 8.56. The van der Waals surface area contributed by atoms with Crippen LogP contribution in [0.3, 0.4) is 0 Å². The smallest absolute Gasteiger partial charge is 0.267 e. The number of benzene rings is 1. The zero-order valence-electron chi connectivity index (χ0n) is 14.3. The highest BCUT2D eigenvalue weighted by Gasteiger charge is 2.09. The first-order chi connectivity index (χ1) is 11.7. The quantitative estimate of drug-likeness (QED) is 0.331. The van der Waals surface area contributed by atoms with Crippen LogP contribution in [0.15, 0.2) is 36.0 Å². The zero-order valence-corrected chi connectivity index (χ0v) is 14.3. The highest BCUT2D eigenvalue weighted by atomic mass is 16.2. The standard InChI is InChI=1S/C19H27N3O2/c1-2-3-7-16-8-10-18(11-9-16)22-19(24)17(14-20)15-21-12-5-4-6-13-23/h8-11,15,21,23H,2-7,12-13H2,1H3,(H,22,24)/b17-15-. The number of hydrogen-bond acceptors (Lipinski definition) is 4. The lowest BCUT2D eigenvalue weighted by Gasteiger charge is -2.06. The molecule has 1 aromatic rings. The van der Waals surface area contributed by atoms with Crippen molar-refractivity contribution in [2.24, 2.45) is 0 Å². The van der Waals surface area contributed by atoms with Crippen LogP contribution in [0.4, 0.5) is 5.69 Å². The second-order valence-corrected chi connectivity index (χ2v) is 5.66. The van der Waals surface area contributed by atoms with E-state index < -0.39 is 5.91 Å². The number of hydrogen-bond donors (Lipinski definition) is 3. The van der Waals surface area contributed by atoms with Gasteiger partial charge in [0.2, 0.25) is 0 Å². The van der Waals surface area contributed by atoms with Crippen molar-refractivity contribution < 1.29 is 9.90 Å². The van der Waals surface area contributed by atoms with Crippen molar-refractivity contribution in [3.63, 3.8) is 0 Å². The number of carbonyl (C=O) groups excluding carboxylic acids is 1. The highest BCUT2D eigenvalue weighted by molar-refractivity contribution is 6.06. The van der Waals surface area contributed by atoms with Crippen molar-refractivity contribution in [1.82, 2.24) is 5.32 Å². The van der Waals surface area contributed by atoms with E-state index in [-0.39, 0.29) is 12.2 Å². The second kappa shape index (κ2) is 12.1. The molecule has 0 aliphatic heterocycles. The van der Waals surface area contributed by atoms with Gasteiger partial charge in [0.25, 0.3) is 5.91 Å². The van der Waals surface area contributed by atoms with Crippen molar-refractivity contribution in [1.29, 1.82) is 5.26 Å². The topological polar surface area (TPSA) is 85.2 Å². The van der Waals surface area contributed by atoms with Gasteiger partial charge < -0.3 is 15.7 Å². The molecule has 0 unspecified atom stereocenters. The van der Waals surface area contributed by atoms with Gasteiger partial charge in [-0.25, -0.2) is 0 Å². The Hall–Kier alpha value is -2.32. The fourth-order valence-electron chi connectivity index (χ4n) is 2.17. The lowest BCUT2D eigenvalue weighted by molar-refractivity contribution is -0.112. The Labute approximate surface area is 144 Å². The summed E-state index contributed by atoms with van der Waals surface area (Å²) in [6.07, 6.45) is 7.36. The molecule has 5 heteroatoms. The van der Waals surface area contributed by atoms with Gasteiger partial charge in [0.15, 0.2) is 0 Å². The average molecular weight is 329 g/mol. The number of nitriles is 1. The van der Waals surface area contributed by atoms with Gasteiger partial charge in [0.05, 0.1) is 0 Å². The zero-order chi connectivity index (χ0) is 17.6. The third-order valence-electron chi connectivity index (χ3n) is 3.62. The summed E-state index contributed by atoms with van der Waals surface area (Å²) in [5, 5.41) is 23.5. The summed E-state index contributed by atoms with van der Waals surface area (Å²) in [6.45, 7) is 3.02. The number of aryl methyl sites for hydroxylation is 1. The molecule has 0 aromatic heterocycles. The maximum Gasteiger partial charge on any atom is 0.267 e. The number of anilines is 1. The second-order valence-electron chi connectivity index (χ2n) is 5.66. The fourth-order valence-corrected chi connectivity index (χ4v) is 2.17. The maximum atomic E-state index is 12.1. The molecular weight excluding hydrogens is 302 g/mol. The summed E-state index contributed by atoms with van der Waals surface area (Å²) in [4.78, 5) is 12.1. The van der Waals surface area contributed by atoms with E-state index in [4.69, 9.17) is 10.4 Å². The Kier molecular flexibility index (Phi) is 9.98. The molecule has 0 aliphatic rings. The molecule has 0 aliphatic carbocycles.